The summed E-state index contributed by atoms with van der Waals surface area (Å²) >= 11 is 0. The largest absolute Gasteiger partial charge is 0.348 e. The van der Waals surface area contributed by atoms with Gasteiger partial charge in [-0.25, -0.2) is 4.39 Å². The minimum Gasteiger partial charge on any atom is -0.348 e. The number of amides is 2. The number of carbonyl (C=O) groups is 2. The zero-order valence-electron chi connectivity index (χ0n) is 20.3. The fourth-order valence-electron chi connectivity index (χ4n) is 5.86. The molecule has 1 saturated heterocycles. The number of nitrogens with zero attached hydrogens (tertiary/aromatic N) is 3. The van der Waals surface area contributed by atoms with Crippen LogP contribution >= 0.6 is 0 Å². The molecule has 5 nitrogen and oxygen atoms in total. The summed E-state index contributed by atoms with van der Waals surface area (Å²) in [5, 5.41) is 0. The molecule has 0 saturated carbocycles. The van der Waals surface area contributed by atoms with Crippen molar-refractivity contribution >= 4 is 11.8 Å². The van der Waals surface area contributed by atoms with Crippen LogP contribution in [0.15, 0.2) is 42.5 Å². The maximum absolute atomic E-state index is 13.9. The van der Waals surface area contributed by atoms with Crippen molar-refractivity contribution in [2.24, 2.45) is 0 Å². The van der Waals surface area contributed by atoms with Crippen LogP contribution in [0.4, 0.5) is 4.39 Å². The minimum atomic E-state index is -0.574. The topological polar surface area (TPSA) is 43.9 Å². The molecule has 0 radical (unpaired) electrons. The first kappa shape index (κ1) is 23.4. The van der Waals surface area contributed by atoms with Gasteiger partial charge < -0.3 is 9.80 Å². The molecule has 2 aliphatic rings. The van der Waals surface area contributed by atoms with E-state index in [1.165, 1.54) is 6.07 Å². The van der Waals surface area contributed by atoms with Gasteiger partial charge >= 0.3 is 0 Å². The second kappa shape index (κ2) is 8.90. The maximum atomic E-state index is 13.9. The van der Waals surface area contributed by atoms with Crippen molar-refractivity contribution < 1.29 is 14.0 Å². The SMILES string of the molecule is Cc1cc(F)cc(CN2CCC3(CC2)C(C(=O)N(C)C)c2ccccc2C(=O)N3C(C)C)c1. The Bertz CT molecular complexity index is 1040. The van der Waals surface area contributed by atoms with Gasteiger partial charge in [0, 0.05) is 45.3 Å². The van der Waals surface area contributed by atoms with Gasteiger partial charge in [0.1, 0.15) is 5.82 Å². The minimum absolute atomic E-state index is 0.0117. The summed E-state index contributed by atoms with van der Waals surface area (Å²) < 4.78 is 13.9. The predicted molar refractivity (Wildman–Crippen MR) is 128 cm³/mol. The monoisotopic (exact) mass is 451 g/mol. The highest BCUT2D eigenvalue weighted by molar-refractivity contribution is 6.02. The number of fused-ring (bicyclic) bond motifs is 1. The maximum Gasteiger partial charge on any atom is 0.254 e. The molecule has 6 heteroatoms. The zero-order valence-corrected chi connectivity index (χ0v) is 20.3. The second-order valence-corrected chi connectivity index (χ2v) is 10.0. The number of piperidine rings is 1. The van der Waals surface area contributed by atoms with E-state index in [4.69, 9.17) is 0 Å². The molecule has 2 aromatic carbocycles. The Morgan fingerprint density at radius 1 is 1.15 bits per heavy atom. The first-order valence-electron chi connectivity index (χ1n) is 11.8. The standard InChI is InChI=1S/C27H34FN3O2/c1-18(2)31-25(32)23-9-7-6-8-22(23)24(26(33)29(4)5)27(31)10-12-30(13-11-27)17-20-14-19(3)15-21(28)16-20/h6-9,14-16,18,24H,10-13,17H2,1-5H3. The smallest absolute Gasteiger partial charge is 0.254 e. The third-order valence-corrected chi connectivity index (χ3v) is 7.17. The molecule has 1 atom stereocenters. The van der Waals surface area contributed by atoms with Crippen molar-refractivity contribution in [3.8, 4) is 0 Å². The molecule has 0 aliphatic carbocycles. The van der Waals surface area contributed by atoms with E-state index in [9.17, 15) is 14.0 Å². The van der Waals surface area contributed by atoms with Gasteiger partial charge in [0.15, 0.2) is 0 Å². The molecule has 2 amide bonds. The Balaban J connectivity index is 1.70. The molecule has 0 N–H and O–H groups in total. The van der Waals surface area contributed by atoms with Gasteiger partial charge in [-0.1, -0.05) is 24.3 Å². The van der Waals surface area contributed by atoms with Crippen LogP contribution < -0.4 is 0 Å². The molecule has 4 rings (SSSR count). The second-order valence-electron chi connectivity index (χ2n) is 10.0. The molecule has 1 fully saturated rings. The number of halogens is 1. The fraction of sp³-hybridized carbons (Fsp3) is 0.481. The molecule has 2 heterocycles. The summed E-state index contributed by atoms with van der Waals surface area (Å²) in [4.78, 5) is 33.2. The van der Waals surface area contributed by atoms with Gasteiger partial charge in [-0.2, -0.15) is 0 Å². The predicted octanol–water partition coefficient (Wildman–Crippen LogP) is 4.20. The van der Waals surface area contributed by atoms with Gasteiger partial charge in [-0.15, -0.1) is 0 Å². The Labute approximate surface area is 196 Å². The third kappa shape index (κ3) is 4.17. The number of likely N-dealkylation sites (tertiary alicyclic amines) is 1. The molecule has 33 heavy (non-hydrogen) atoms. The highest BCUT2D eigenvalue weighted by Crippen LogP contribution is 2.48. The average Bonchev–Trinajstić information content (AvgIpc) is 2.74. The number of likely N-dealkylation sites (N-methyl/N-ethyl adjacent to an activating group) is 1. The van der Waals surface area contributed by atoms with Crippen LogP contribution in [0.25, 0.3) is 0 Å². The van der Waals surface area contributed by atoms with Gasteiger partial charge in [-0.05, 0) is 68.5 Å². The number of carbonyl (C=O) groups excluding carboxylic acids is 2. The zero-order chi connectivity index (χ0) is 23.9. The van der Waals surface area contributed by atoms with Crippen LogP contribution in [0, 0.1) is 12.7 Å². The summed E-state index contributed by atoms with van der Waals surface area (Å²) in [6.07, 6.45) is 1.40. The van der Waals surface area contributed by atoms with Crippen molar-refractivity contribution in [1.82, 2.24) is 14.7 Å². The van der Waals surface area contributed by atoms with Gasteiger partial charge in [0.25, 0.3) is 5.91 Å². The summed E-state index contributed by atoms with van der Waals surface area (Å²) in [5.74, 6) is -0.564. The van der Waals surface area contributed by atoms with Crippen LogP contribution in [0.3, 0.4) is 0 Å². The molecule has 2 aliphatic heterocycles. The molecule has 1 spiro atoms. The molecular formula is C27H34FN3O2. The average molecular weight is 452 g/mol. The Hall–Kier alpha value is -2.73. The van der Waals surface area contributed by atoms with Crippen LogP contribution in [-0.2, 0) is 11.3 Å². The summed E-state index contributed by atoms with van der Waals surface area (Å²) in [6.45, 7) is 8.12. The first-order valence-corrected chi connectivity index (χ1v) is 11.8. The van der Waals surface area contributed by atoms with E-state index in [1.54, 1.807) is 25.1 Å². The first-order chi connectivity index (χ1) is 15.6. The molecular weight excluding hydrogens is 417 g/mol. The third-order valence-electron chi connectivity index (χ3n) is 7.17. The van der Waals surface area contributed by atoms with Crippen LogP contribution in [0.5, 0.6) is 0 Å². The van der Waals surface area contributed by atoms with E-state index in [0.717, 1.165) is 29.8 Å². The van der Waals surface area contributed by atoms with Crippen molar-refractivity contribution in [2.45, 2.75) is 57.7 Å². The molecule has 2 aromatic rings. The number of hydrogen-bond donors (Lipinski definition) is 0. The van der Waals surface area contributed by atoms with Crippen molar-refractivity contribution in [2.75, 3.05) is 27.2 Å². The quantitative estimate of drug-likeness (QED) is 0.700. The van der Waals surface area contributed by atoms with E-state index < -0.39 is 11.5 Å². The Kier molecular flexibility index (Phi) is 6.32. The van der Waals surface area contributed by atoms with Gasteiger partial charge in [-0.3, -0.25) is 14.5 Å². The Morgan fingerprint density at radius 2 is 1.82 bits per heavy atom. The molecule has 1 unspecified atom stereocenters. The van der Waals surface area contributed by atoms with E-state index in [-0.39, 0.29) is 23.7 Å². The number of rotatable bonds is 4. The highest BCUT2D eigenvalue weighted by Gasteiger charge is 2.56. The van der Waals surface area contributed by atoms with E-state index >= 15 is 0 Å². The normalized spacial score (nSPS) is 20.3. The lowest BCUT2D eigenvalue weighted by Gasteiger charge is -2.57. The lowest BCUT2D eigenvalue weighted by Crippen LogP contribution is -2.66. The van der Waals surface area contributed by atoms with Crippen LogP contribution in [0.1, 0.15) is 59.7 Å². The van der Waals surface area contributed by atoms with Crippen LogP contribution in [-0.4, -0.2) is 65.3 Å². The van der Waals surface area contributed by atoms with E-state index in [0.29, 0.717) is 24.9 Å². The molecule has 0 aromatic heterocycles. The number of aryl methyl sites for hydroxylation is 1. The number of hydrogen-bond acceptors (Lipinski definition) is 3. The van der Waals surface area contributed by atoms with Gasteiger partial charge in [0.2, 0.25) is 5.91 Å². The lowest BCUT2D eigenvalue weighted by atomic mass is 9.66. The Morgan fingerprint density at radius 3 is 2.42 bits per heavy atom. The summed E-state index contributed by atoms with van der Waals surface area (Å²) in [6, 6.07) is 12.7. The van der Waals surface area contributed by atoms with Crippen molar-refractivity contribution in [3.05, 3.63) is 70.5 Å². The van der Waals surface area contributed by atoms with Crippen LogP contribution in [0.2, 0.25) is 0 Å². The van der Waals surface area contributed by atoms with E-state index in [1.807, 2.05) is 56.0 Å². The van der Waals surface area contributed by atoms with Crippen molar-refractivity contribution in [3.63, 3.8) is 0 Å². The van der Waals surface area contributed by atoms with Gasteiger partial charge in [0.05, 0.1) is 11.5 Å². The highest BCUT2D eigenvalue weighted by atomic mass is 19.1. The van der Waals surface area contributed by atoms with Crippen molar-refractivity contribution in [1.29, 1.82) is 0 Å². The summed E-state index contributed by atoms with van der Waals surface area (Å²) in [5.41, 5.74) is 2.77. The van der Waals surface area contributed by atoms with E-state index in [2.05, 4.69) is 4.90 Å². The number of benzene rings is 2. The lowest BCUT2D eigenvalue weighted by molar-refractivity contribution is -0.136. The molecule has 0 bridgehead atoms. The molecule has 176 valence electrons. The summed E-state index contributed by atoms with van der Waals surface area (Å²) in [7, 11) is 3.58. The fourth-order valence-corrected chi connectivity index (χ4v) is 5.86.